The Hall–Kier alpha value is -2.67. The van der Waals surface area contributed by atoms with E-state index in [2.05, 4.69) is 15.5 Å². The molecule has 0 saturated heterocycles. The Morgan fingerprint density at radius 2 is 1.92 bits per heavy atom. The molecule has 128 valence electrons. The molecule has 7 heteroatoms. The Balaban J connectivity index is 1.85. The van der Waals surface area contributed by atoms with Crippen molar-refractivity contribution in [1.82, 2.24) is 14.8 Å². The maximum absolute atomic E-state index is 13.0. The summed E-state index contributed by atoms with van der Waals surface area (Å²) >= 11 is 1.33. The van der Waals surface area contributed by atoms with Crippen molar-refractivity contribution >= 4 is 23.4 Å². The molecule has 0 spiro atoms. The lowest BCUT2D eigenvalue weighted by atomic mass is 10.1. The molecule has 0 aliphatic carbocycles. The van der Waals surface area contributed by atoms with Crippen LogP contribution in [0.15, 0.2) is 66.1 Å². The number of carbonyl (C=O) groups excluding carboxylic acids is 1. The first-order valence-corrected chi connectivity index (χ1v) is 8.71. The van der Waals surface area contributed by atoms with E-state index < -0.39 is 5.25 Å². The summed E-state index contributed by atoms with van der Waals surface area (Å²) in [6.45, 7) is 2.71. The summed E-state index contributed by atoms with van der Waals surface area (Å²) < 4.78 is 14.9. The number of thioether (sulfide) groups is 1. The molecule has 0 aliphatic rings. The molecule has 0 fully saturated rings. The first-order chi connectivity index (χ1) is 12.2. The molecule has 1 aromatic heterocycles. The number of nitrogens with one attached hydrogen (secondary N) is 1. The molecule has 0 saturated carbocycles. The molecular formula is C18H17FN4OS. The zero-order valence-electron chi connectivity index (χ0n) is 13.6. The van der Waals surface area contributed by atoms with Crippen molar-refractivity contribution in [3.05, 3.63) is 72.3 Å². The summed E-state index contributed by atoms with van der Waals surface area (Å²) in [6.07, 6.45) is 1.64. The summed E-state index contributed by atoms with van der Waals surface area (Å²) in [5.41, 5.74) is 1.41. The minimum atomic E-state index is -0.499. The van der Waals surface area contributed by atoms with Gasteiger partial charge in [0.05, 0.1) is 0 Å². The Labute approximate surface area is 149 Å². The zero-order valence-corrected chi connectivity index (χ0v) is 14.4. The molecule has 2 aromatic carbocycles. The quantitative estimate of drug-likeness (QED) is 0.680. The van der Waals surface area contributed by atoms with Gasteiger partial charge in [-0.3, -0.25) is 4.79 Å². The fourth-order valence-corrected chi connectivity index (χ4v) is 3.38. The molecule has 25 heavy (non-hydrogen) atoms. The second kappa shape index (κ2) is 7.94. The van der Waals surface area contributed by atoms with Gasteiger partial charge in [-0.15, -0.1) is 10.2 Å². The number of benzene rings is 2. The Morgan fingerprint density at radius 3 is 2.60 bits per heavy atom. The standard InChI is InChI=1S/C18H17FN4OS/c1-2-23-12-20-22-18(23)25-16(13-6-4-3-5-7-13)17(24)21-15-10-8-14(19)9-11-15/h3-12,16H,2H2,1H3,(H,21,24). The van der Waals surface area contributed by atoms with Gasteiger partial charge in [-0.2, -0.15) is 0 Å². The Morgan fingerprint density at radius 1 is 1.20 bits per heavy atom. The number of aryl methyl sites for hydroxylation is 1. The summed E-state index contributed by atoms with van der Waals surface area (Å²) in [4.78, 5) is 12.8. The Kier molecular flexibility index (Phi) is 5.45. The number of halogens is 1. The maximum Gasteiger partial charge on any atom is 0.242 e. The van der Waals surface area contributed by atoms with E-state index in [4.69, 9.17) is 0 Å². The van der Waals surface area contributed by atoms with E-state index in [-0.39, 0.29) is 11.7 Å². The molecule has 5 nitrogen and oxygen atoms in total. The lowest BCUT2D eigenvalue weighted by Crippen LogP contribution is -2.19. The van der Waals surface area contributed by atoms with Crippen LogP contribution in [0.3, 0.4) is 0 Å². The van der Waals surface area contributed by atoms with Crippen molar-refractivity contribution in [1.29, 1.82) is 0 Å². The van der Waals surface area contributed by atoms with Gasteiger partial charge in [-0.05, 0) is 36.8 Å². The predicted molar refractivity (Wildman–Crippen MR) is 95.8 cm³/mol. The fraction of sp³-hybridized carbons (Fsp3) is 0.167. The first kappa shape index (κ1) is 17.2. The molecule has 1 N–H and O–H groups in total. The van der Waals surface area contributed by atoms with Gasteiger partial charge in [-0.25, -0.2) is 4.39 Å². The number of rotatable bonds is 6. The molecule has 1 amide bonds. The molecule has 3 aromatic rings. The third kappa shape index (κ3) is 4.24. The van der Waals surface area contributed by atoms with Gasteiger partial charge < -0.3 is 9.88 Å². The highest BCUT2D eigenvalue weighted by atomic mass is 32.2. The van der Waals surface area contributed by atoms with Gasteiger partial charge in [0.15, 0.2) is 5.16 Å². The summed E-state index contributed by atoms with van der Waals surface area (Å²) in [5.74, 6) is -0.545. The minimum Gasteiger partial charge on any atom is -0.325 e. The average Bonchev–Trinajstić information content (AvgIpc) is 3.09. The number of hydrogen-bond donors (Lipinski definition) is 1. The zero-order chi connectivity index (χ0) is 17.6. The molecule has 0 aliphatic heterocycles. The van der Waals surface area contributed by atoms with E-state index in [1.54, 1.807) is 6.33 Å². The fourth-order valence-electron chi connectivity index (χ4n) is 2.30. The largest absolute Gasteiger partial charge is 0.325 e. The molecule has 1 atom stereocenters. The first-order valence-electron chi connectivity index (χ1n) is 7.83. The van der Waals surface area contributed by atoms with E-state index >= 15 is 0 Å². The van der Waals surface area contributed by atoms with Crippen LogP contribution in [-0.2, 0) is 11.3 Å². The topological polar surface area (TPSA) is 59.8 Å². The number of carbonyl (C=O) groups is 1. The molecule has 1 heterocycles. The van der Waals surface area contributed by atoms with Gasteiger partial charge in [0.2, 0.25) is 5.91 Å². The number of aromatic nitrogens is 3. The second-order valence-corrected chi connectivity index (χ2v) is 6.38. The van der Waals surface area contributed by atoms with Crippen molar-refractivity contribution in [2.24, 2.45) is 0 Å². The van der Waals surface area contributed by atoms with Crippen LogP contribution >= 0.6 is 11.8 Å². The van der Waals surface area contributed by atoms with Crippen molar-refractivity contribution in [3.63, 3.8) is 0 Å². The van der Waals surface area contributed by atoms with Crippen molar-refractivity contribution < 1.29 is 9.18 Å². The lowest BCUT2D eigenvalue weighted by molar-refractivity contribution is -0.115. The number of anilines is 1. The van der Waals surface area contributed by atoms with Crippen LogP contribution in [0.4, 0.5) is 10.1 Å². The van der Waals surface area contributed by atoms with Crippen LogP contribution in [0.2, 0.25) is 0 Å². The van der Waals surface area contributed by atoms with Crippen molar-refractivity contribution in [2.75, 3.05) is 5.32 Å². The second-order valence-electron chi connectivity index (χ2n) is 5.30. The van der Waals surface area contributed by atoms with Gasteiger partial charge >= 0.3 is 0 Å². The third-order valence-corrected chi connectivity index (χ3v) is 4.85. The normalized spacial score (nSPS) is 11.9. The van der Waals surface area contributed by atoms with Crippen LogP contribution in [-0.4, -0.2) is 20.7 Å². The van der Waals surface area contributed by atoms with Crippen LogP contribution in [0.25, 0.3) is 0 Å². The van der Waals surface area contributed by atoms with Crippen LogP contribution in [0.5, 0.6) is 0 Å². The number of nitrogens with zero attached hydrogens (tertiary/aromatic N) is 3. The van der Waals surface area contributed by atoms with E-state index in [1.165, 1.54) is 36.0 Å². The van der Waals surface area contributed by atoms with E-state index in [0.29, 0.717) is 10.8 Å². The molecule has 3 rings (SSSR count). The monoisotopic (exact) mass is 356 g/mol. The predicted octanol–water partition coefficient (Wildman–Crippen LogP) is 3.91. The summed E-state index contributed by atoms with van der Waals surface area (Å²) in [6, 6.07) is 15.2. The SMILES string of the molecule is CCn1cnnc1SC(C(=O)Nc1ccc(F)cc1)c1ccccc1. The van der Waals surface area contributed by atoms with Gasteiger partial charge in [-0.1, -0.05) is 42.1 Å². The van der Waals surface area contributed by atoms with Crippen LogP contribution < -0.4 is 5.32 Å². The average molecular weight is 356 g/mol. The Bertz CT molecular complexity index is 836. The molecule has 1 unspecified atom stereocenters. The highest BCUT2D eigenvalue weighted by Crippen LogP contribution is 2.35. The summed E-state index contributed by atoms with van der Waals surface area (Å²) in [7, 11) is 0. The van der Waals surface area contributed by atoms with Crippen LogP contribution in [0.1, 0.15) is 17.7 Å². The van der Waals surface area contributed by atoms with E-state index in [0.717, 1.165) is 12.1 Å². The maximum atomic E-state index is 13.0. The molecular weight excluding hydrogens is 339 g/mol. The third-order valence-electron chi connectivity index (χ3n) is 3.60. The molecule has 0 radical (unpaired) electrons. The lowest BCUT2D eigenvalue weighted by Gasteiger charge is -2.16. The minimum absolute atomic E-state index is 0.200. The van der Waals surface area contributed by atoms with E-state index in [1.807, 2.05) is 41.8 Å². The highest BCUT2D eigenvalue weighted by Gasteiger charge is 2.24. The van der Waals surface area contributed by atoms with Gasteiger partial charge in [0.25, 0.3) is 0 Å². The van der Waals surface area contributed by atoms with Gasteiger partial charge in [0, 0.05) is 12.2 Å². The molecule has 0 bridgehead atoms. The number of hydrogen-bond acceptors (Lipinski definition) is 4. The van der Waals surface area contributed by atoms with E-state index in [9.17, 15) is 9.18 Å². The number of amides is 1. The van der Waals surface area contributed by atoms with Gasteiger partial charge in [0.1, 0.15) is 17.4 Å². The smallest absolute Gasteiger partial charge is 0.242 e. The van der Waals surface area contributed by atoms with Crippen molar-refractivity contribution in [2.45, 2.75) is 23.9 Å². The van der Waals surface area contributed by atoms with Crippen LogP contribution in [0, 0.1) is 5.82 Å². The highest BCUT2D eigenvalue weighted by molar-refractivity contribution is 8.00. The summed E-state index contributed by atoms with van der Waals surface area (Å²) in [5, 5.41) is 11.0. The van der Waals surface area contributed by atoms with Crippen molar-refractivity contribution in [3.8, 4) is 0 Å².